The first-order valence-electron chi connectivity index (χ1n) is 8.72. The molecular weight excluding hydrogens is 486 g/mol. The lowest BCUT2D eigenvalue weighted by Crippen LogP contribution is -2.30. The Kier molecular flexibility index (Phi) is 9.58. The Balaban J connectivity index is 0.000000489. The van der Waals surface area contributed by atoms with Crippen molar-refractivity contribution in [3.05, 3.63) is 87.5 Å². The maximum Gasteiger partial charge on any atom is 0.673 e. The van der Waals surface area contributed by atoms with Gasteiger partial charge in [-0.1, -0.05) is 0 Å². The summed E-state index contributed by atoms with van der Waals surface area (Å²) in [6, 6.07) is 11.0. The van der Waals surface area contributed by atoms with E-state index in [1.807, 2.05) is 24.3 Å². The van der Waals surface area contributed by atoms with E-state index in [2.05, 4.69) is 4.98 Å². The van der Waals surface area contributed by atoms with Crippen LogP contribution < -0.4 is 9.55 Å². The van der Waals surface area contributed by atoms with Crippen LogP contribution in [0.3, 0.4) is 0 Å². The molecule has 18 heteroatoms. The molecule has 0 aliphatic rings. The van der Waals surface area contributed by atoms with E-state index in [-0.39, 0.29) is 17.1 Å². The van der Waals surface area contributed by atoms with Crippen LogP contribution in [0.5, 0.6) is 0 Å². The first-order chi connectivity index (χ1) is 15.6. The fraction of sp³-hybridized carbons (Fsp3) is 0. The van der Waals surface area contributed by atoms with E-state index in [1.165, 1.54) is 12.1 Å². The topological polar surface area (TPSA) is 104 Å². The second-order valence-electron chi connectivity index (χ2n) is 5.96. The van der Waals surface area contributed by atoms with Gasteiger partial charge < -0.3 is 34.5 Å². The third kappa shape index (κ3) is 11.0. The van der Waals surface area contributed by atoms with Gasteiger partial charge in [0.25, 0.3) is 11.4 Å². The number of aromatic amines is 1. The summed E-state index contributed by atoms with van der Waals surface area (Å²) in [4.78, 5) is 23.7. The van der Waals surface area contributed by atoms with Crippen molar-refractivity contribution in [2.24, 2.45) is 0 Å². The summed E-state index contributed by atoms with van der Waals surface area (Å²) in [5, 5.41) is 22.0. The predicted octanol–water partition coefficient (Wildman–Crippen LogP) is 4.86. The summed E-state index contributed by atoms with van der Waals surface area (Å²) in [7, 11) is -12.0. The van der Waals surface area contributed by atoms with E-state index in [0.717, 1.165) is 17.2 Å². The highest BCUT2D eigenvalue weighted by molar-refractivity contribution is 6.50. The number of benzene rings is 1. The van der Waals surface area contributed by atoms with Crippen molar-refractivity contribution in [2.45, 2.75) is 0 Å². The van der Waals surface area contributed by atoms with Crippen LogP contribution in [0.15, 0.2) is 67.3 Å². The Bertz CT molecular complexity index is 1090. The van der Waals surface area contributed by atoms with E-state index in [4.69, 9.17) is 0 Å². The summed E-state index contributed by atoms with van der Waals surface area (Å²) in [6.07, 6.45) is 6.97. The number of nitrogens with one attached hydrogen (secondary N) is 1. The molecule has 34 heavy (non-hydrogen) atoms. The van der Waals surface area contributed by atoms with E-state index >= 15 is 0 Å². The van der Waals surface area contributed by atoms with Gasteiger partial charge in [0.05, 0.1) is 9.85 Å². The predicted molar refractivity (Wildman–Crippen MR) is 104 cm³/mol. The Morgan fingerprint density at radius 3 is 1.56 bits per heavy atom. The first kappa shape index (κ1) is 27.9. The van der Waals surface area contributed by atoms with Gasteiger partial charge in [0, 0.05) is 36.4 Å². The van der Waals surface area contributed by atoms with Gasteiger partial charge >= 0.3 is 20.2 Å². The average Bonchev–Trinajstić information content (AvgIpc) is 2.71. The minimum Gasteiger partial charge on any atom is -0.418 e. The molecule has 3 aromatic rings. The molecule has 0 bridgehead atoms. The van der Waals surface area contributed by atoms with Gasteiger partial charge in [0.2, 0.25) is 0 Å². The van der Waals surface area contributed by atoms with Gasteiger partial charge in [0.15, 0.2) is 24.8 Å². The largest absolute Gasteiger partial charge is 0.673 e. The highest BCUT2D eigenvalue weighted by Gasteiger charge is 2.26. The van der Waals surface area contributed by atoms with E-state index in [9.17, 15) is 54.8 Å². The Morgan fingerprint density at radius 2 is 1.15 bits per heavy atom. The minimum absolute atomic E-state index is 0.263. The molecule has 0 radical (unpaired) electrons. The molecule has 1 N–H and O–H groups in total. The lowest BCUT2D eigenvalue weighted by Gasteiger charge is -2.00. The van der Waals surface area contributed by atoms with E-state index < -0.39 is 24.4 Å². The van der Waals surface area contributed by atoms with Crippen LogP contribution in [0.2, 0.25) is 0 Å². The fourth-order valence-corrected chi connectivity index (χ4v) is 2.35. The lowest BCUT2D eigenvalue weighted by molar-refractivity contribution is -0.600. The van der Waals surface area contributed by atoms with Gasteiger partial charge in [-0.15, -0.1) is 0 Å². The quantitative estimate of drug-likeness (QED) is 0.169. The van der Waals surface area contributed by atoms with Crippen LogP contribution in [-0.4, -0.2) is 24.4 Å². The van der Waals surface area contributed by atoms with Crippen molar-refractivity contribution in [3.63, 3.8) is 0 Å². The molecule has 0 atom stereocenters. The zero-order valence-corrected chi connectivity index (χ0v) is 16.5. The maximum atomic E-state index is 11.2. The zero-order valence-electron chi connectivity index (χ0n) is 16.5. The summed E-state index contributed by atoms with van der Waals surface area (Å²) >= 11 is 0. The molecular formula is C16H12B2F8N4O4. The highest BCUT2D eigenvalue weighted by Crippen LogP contribution is 2.25. The molecule has 0 amide bonds. The number of rotatable bonds is 4. The number of halogens is 8. The fourth-order valence-electron chi connectivity index (χ4n) is 2.35. The third-order valence-corrected chi connectivity index (χ3v) is 3.53. The molecule has 2 heterocycles. The van der Waals surface area contributed by atoms with Gasteiger partial charge in [-0.05, 0) is 11.1 Å². The molecule has 3 rings (SSSR count). The Morgan fingerprint density at radius 1 is 0.706 bits per heavy atom. The summed E-state index contributed by atoms with van der Waals surface area (Å²) in [5.74, 6) is 0. The van der Waals surface area contributed by atoms with Crippen molar-refractivity contribution in [3.8, 4) is 16.8 Å². The molecule has 8 nitrogen and oxygen atoms in total. The van der Waals surface area contributed by atoms with Crippen LogP contribution >= 0.6 is 0 Å². The summed E-state index contributed by atoms with van der Waals surface area (Å²) in [5.41, 5.74) is 1.57. The van der Waals surface area contributed by atoms with Crippen molar-refractivity contribution in [1.29, 1.82) is 0 Å². The number of H-pyrrole nitrogens is 1. The van der Waals surface area contributed by atoms with E-state index in [1.54, 1.807) is 29.4 Å². The number of pyridine rings is 2. The number of nitrogens with zero attached hydrogens (tertiary/aromatic N) is 3. The molecule has 182 valence electrons. The molecule has 0 fully saturated rings. The number of nitro benzene ring substituents is 2. The standard InChI is InChI=1S/C16H11N4O4.2BF4/c21-19(22)14-1-2-15(16(11-14)20(23)24)18-9-5-13(6-10-18)12-3-7-17-8-4-12;2*2-1(3,4)5/h1-11H;;/q+1;2*-1/p+1. The van der Waals surface area contributed by atoms with Crippen molar-refractivity contribution in [1.82, 2.24) is 0 Å². The van der Waals surface area contributed by atoms with Crippen molar-refractivity contribution in [2.75, 3.05) is 0 Å². The number of nitro groups is 2. The SMILES string of the molecule is F[B-](F)(F)F.F[B-](F)(F)F.O=[N+]([O-])c1ccc(-[n+]2ccc(-c3cc[nH+]cc3)cc2)c([N+](=O)[O-])c1. The van der Waals surface area contributed by atoms with Gasteiger partial charge in [-0.3, -0.25) is 20.2 Å². The average molecular weight is 498 g/mol. The molecule has 2 aromatic heterocycles. The molecule has 0 saturated heterocycles. The van der Waals surface area contributed by atoms with Gasteiger partial charge in [-0.25, -0.2) is 4.98 Å². The summed E-state index contributed by atoms with van der Waals surface area (Å²) in [6.45, 7) is 0. The Hall–Kier alpha value is -4.11. The second-order valence-corrected chi connectivity index (χ2v) is 5.96. The van der Waals surface area contributed by atoms with Crippen molar-refractivity contribution >= 4 is 25.9 Å². The normalized spacial score (nSPS) is 10.8. The van der Waals surface area contributed by atoms with Crippen LogP contribution in [0.25, 0.3) is 16.8 Å². The molecule has 0 aliphatic carbocycles. The molecule has 0 aliphatic heterocycles. The molecule has 0 spiro atoms. The number of hydrogen-bond donors (Lipinski definition) is 0. The van der Waals surface area contributed by atoms with Gasteiger partial charge in [0.1, 0.15) is 6.07 Å². The third-order valence-electron chi connectivity index (χ3n) is 3.53. The molecule has 0 unspecified atom stereocenters. The monoisotopic (exact) mass is 498 g/mol. The number of aromatic nitrogens is 2. The zero-order chi connectivity index (χ0) is 26.1. The number of non-ortho nitro benzene ring substituents is 1. The minimum atomic E-state index is -6.00. The molecule has 0 saturated carbocycles. The van der Waals surface area contributed by atoms with Crippen LogP contribution in [0.4, 0.5) is 45.9 Å². The second kappa shape index (κ2) is 11.7. The lowest BCUT2D eigenvalue weighted by atomic mass is 10.1. The van der Waals surface area contributed by atoms with Crippen LogP contribution in [-0.2, 0) is 0 Å². The smallest absolute Gasteiger partial charge is 0.418 e. The Labute approximate surface area is 185 Å². The van der Waals surface area contributed by atoms with Crippen LogP contribution in [0, 0.1) is 20.2 Å². The van der Waals surface area contributed by atoms with E-state index in [0.29, 0.717) is 0 Å². The highest BCUT2D eigenvalue weighted by atomic mass is 19.5. The van der Waals surface area contributed by atoms with Crippen molar-refractivity contribution < 1.29 is 53.9 Å². The number of hydrogen-bond acceptors (Lipinski definition) is 4. The maximum absolute atomic E-state index is 11.2. The summed E-state index contributed by atoms with van der Waals surface area (Å²) < 4.78 is 79.6. The van der Waals surface area contributed by atoms with Gasteiger partial charge in [-0.2, -0.15) is 4.57 Å². The van der Waals surface area contributed by atoms with Crippen LogP contribution in [0.1, 0.15) is 0 Å². The first-order valence-corrected chi connectivity index (χ1v) is 8.72. The molecule has 1 aromatic carbocycles.